The molecule has 1 aliphatic heterocycles. The number of carbonyl (C=O) groups excluding carboxylic acids is 2. The van der Waals surface area contributed by atoms with Crippen molar-refractivity contribution >= 4 is 11.8 Å². The maximum absolute atomic E-state index is 12.7. The Balaban J connectivity index is 1.68. The van der Waals surface area contributed by atoms with Crippen molar-refractivity contribution in [2.24, 2.45) is 0 Å². The van der Waals surface area contributed by atoms with E-state index in [0.717, 1.165) is 11.1 Å². The first-order valence-electron chi connectivity index (χ1n) is 7.89. The highest BCUT2D eigenvalue weighted by Gasteiger charge is 2.34. The van der Waals surface area contributed by atoms with E-state index in [2.05, 4.69) is 15.6 Å². The lowest BCUT2D eigenvalue weighted by Gasteiger charge is -2.34. The molecule has 2 aromatic heterocycles. The molecule has 0 unspecified atom stereocenters. The van der Waals surface area contributed by atoms with Crippen LogP contribution in [0.15, 0.2) is 41.3 Å². The molecule has 126 valence electrons. The van der Waals surface area contributed by atoms with Crippen molar-refractivity contribution in [3.63, 3.8) is 0 Å². The first-order valence-corrected chi connectivity index (χ1v) is 7.89. The number of aryl methyl sites for hydroxylation is 1. The van der Waals surface area contributed by atoms with Crippen molar-refractivity contribution in [2.75, 3.05) is 19.6 Å². The third kappa shape index (κ3) is 3.46. The van der Waals surface area contributed by atoms with Gasteiger partial charge >= 0.3 is 0 Å². The second kappa shape index (κ2) is 7.27. The fourth-order valence-corrected chi connectivity index (χ4v) is 2.71. The Hall–Kier alpha value is -2.67. The summed E-state index contributed by atoms with van der Waals surface area (Å²) in [6, 6.07) is 4.87. The van der Waals surface area contributed by atoms with Crippen molar-refractivity contribution < 1.29 is 14.0 Å². The number of nitrogens with zero attached hydrogens (tertiary/aromatic N) is 2. The van der Waals surface area contributed by atoms with Crippen LogP contribution in [-0.4, -0.2) is 47.4 Å². The highest BCUT2D eigenvalue weighted by atomic mass is 16.3. The van der Waals surface area contributed by atoms with E-state index in [9.17, 15) is 9.59 Å². The van der Waals surface area contributed by atoms with Crippen molar-refractivity contribution in [3.8, 4) is 0 Å². The van der Waals surface area contributed by atoms with E-state index in [1.165, 1.54) is 6.26 Å². The van der Waals surface area contributed by atoms with Crippen LogP contribution in [0.1, 0.15) is 21.7 Å². The molecule has 2 aromatic rings. The zero-order valence-electron chi connectivity index (χ0n) is 13.5. The molecule has 7 heteroatoms. The summed E-state index contributed by atoms with van der Waals surface area (Å²) in [4.78, 5) is 30.8. The smallest absolute Gasteiger partial charge is 0.290 e. The summed E-state index contributed by atoms with van der Waals surface area (Å²) in [5.41, 5.74) is 1.73. The topological polar surface area (TPSA) is 87.5 Å². The fourth-order valence-electron chi connectivity index (χ4n) is 2.71. The van der Waals surface area contributed by atoms with Crippen molar-refractivity contribution in [2.45, 2.75) is 19.5 Å². The molecule has 3 rings (SSSR count). The Morgan fingerprint density at radius 3 is 2.88 bits per heavy atom. The molecule has 1 fully saturated rings. The minimum absolute atomic E-state index is 0.184. The summed E-state index contributed by atoms with van der Waals surface area (Å²) in [6.45, 7) is 3.76. The van der Waals surface area contributed by atoms with Gasteiger partial charge in [0, 0.05) is 44.1 Å². The van der Waals surface area contributed by atoms with Gasteiger partial charge in [-0.25, -0.2) is 0 Å². The summed E-state index contributed by atoms with van der Waals surface area (Å²) in [5, 5.41) is 6.05. The molecule has 0 spiro atoms. The van der Waals surface area contributed by atoms with Crippen LogP contribution in [0.3, 0.4) is 0 Å². The van der Waals surface area contributed by atoms with Crippen LogP contribution in [0, 0.1) is 6.92 Å². The summed E-state index contributed by atoms with van der Waals surface area (Å²) in [7, 11) is 0. The number of piperazine rings is 1. The number of aromatic nitrogens is 1. The Labute approximate surface area is 140 Å². The van der Waals surface area contributed by atoms with E-state index < -0.39 is 6.04 Å². The maximum atomic E-state index is 12.7. The largest absolute Gasteiger partial charge is 0.459 e. The number of hydrogen-bond donors (Lipinski definition) is 2. The molecular formula is C17H20N4O3. The number of nitrogens with one attached hydrogen (secondary N) is 2. The SMILES string of the molecule is Cc1ccoc1C(=O)N1CCNC[C@H]1C(=O)NCc1ccncc1. The second-order valence-corrected chi connectivity index (χ2v) is 5.72. The van der Waals surface area contributed by atoms with Gasteiger partial charge in [-0.05, 0) is 30.7 Å². The van der Waals surface area contributed by atoms with Gasteiger partial charge in [0.1, 0.15) is 6.04 Å². The van der Waals surface area contributed by atoms with Crippen LogP contribution in [0.5, 0.6) is 0 Å². The van der Waals surface area contributed by atoms with Crippen LogP contribution >= 0.6 is 0 Å². The summed E-state index contributed by atoms with van der Waals surface area (Å²) < 4.78 is 5.29. The van der Waals surface area contributed by atoms with Gasteiger partial charge in [0.05, 0.1) is 6.26 Å². The molecule has 24 heavy (non-hydrogen) atoms. The first kappa shape index (κ1) is 16.2. The van der Waals surface area contributed by atoms with E-state index >= 15 is 0 Å². The number of carbonyl (C=O) groups is 2. The Bertz CT molecular complexity index is 714. The molecule has 0 bridgehead atoms. The monoisotopic (exact) mass is 328 g/mol. The fraction of sp³-hybridized carbons (Fsp3) is 0.353. The highest BCUT2D eigenvalue weighted by Crippen LogP contribution is 2.15. The zero-order valence-corrected chi connectivity index (χ0v) is 13.5. The number of hydrogen-bond acceptors (Lipinski definition) is 5. The highest BCUT2D eigenvalue weighted by molar-refractivity contribution is 5.96. The second-order valence-electron chi connectivity index (χ2n) is 5.72. The van der Waals surface area contributed by atoms with Crippen molar-refractivity contribution in [1.82, 2.24) is 20.5 Å². The van der Waals surface area contributed by atoms with Gasteiger partial charge in [0.2, 0.25) is 5.91 Å². The van der Waals surface area contributed by atoms with E-state index in [1.807, 2.05) is 19.1 Å². The van der Waals surface area contributed by atoms with Gasteiger partial charge in [-0.2, -0.15) is 0 Å². The van der Waals surface area contributed by atoms with Gasteiger partial charge in [-0.1, -0.05) is 0 Å². The normalized spacial score (nSPS) is 17.5. The summed E-state index contributed by atoms with van der Waals surface area (Å²) in [6.07, 6.45) is 4.85. The van der Waals surface area contributed by atoms with Crippen LogP contribution in [-0.2, 0) is 11.3 Å². The molecule has 0 aliphatic carbocycles. The molecule has 1 saturated heterocycles. The quantitative estimate of drug-likeness (QED) is 0.863. The number of amides is 2. The molecule has 0 saturated carbocycles. The van der Waals surface area contributed by atoms with Gasteiger partial charge in [-0.3, -0.25) is 14.6 Å². The molecule has 0 aromatic carbocycles. The number of furan rings is 1. The van der Waals surface area contributed by atoms with Crippen LogP contribution in [0.2, 0.25) is 0 Å². The summed E-state index contributed by atoms with van der Waals surface area (Å²) >= 11 is 0. The number of pyridine rings is 1. The maximum Gasteiger partial charge on any atom is 0.290 e. The lowest BCUT2D eigenvalue weighted by molar-refractivity contribution is -0.126. The lowest BCUT2D eigenvalue weighted by Crippen LogP contribution is -2.59. The molecule has 0 radical (unpaired) electrons. The van der Waals surface area contributed by atoms with Gasteiger partial charge in [-0.15, -0.1) is 0 Å². The number of rotatable bonds is 4. The Kier molecular flexibility index (Phi) is 4.90. The predicted octanol–water partition coefficient (Wildman–Crippen LogP) is 0.713. The average Bonchev–Trinajstić information content (AvgIpc) is 3.06. The summed E-state index contributed by atoms with van der Waals surface area (Å²) in [5.74, 6) is -0.136. The molecule has 2 amide bonds. The Morgan fingerprint density at radius 1 is 1.38 bits per heavy atom. The molecule has 1 atom stereocenters. The minimum atomic E-state index is -0.558. The minimum Gasteiger partial charge on any atom is -0.459 e. The first-order chi connectivity index (χ1) is 11.7. The third-order valence-electron chi connectivity index (χ3n) is 4.08. The van der Waals surface area contributed by atoms with Crippen LogP contribution in [0.4, 0.5) is 0 Å². The van der Waals surface area contributed by atoms with Gasteiger partial charge in [0.15, 0.2) is 5.76 Å². The standard InChI is InChI=1S/C17H20N4O3/c1-12-4-9-24-15(12)17(23)21-8-7-19-11-14(21)16(22)20-10-13-2-5-18-6-3-13/h2-6,9,14,19H,7-8,10-11H2,1H3,(H,20,22)/t14-/m0/s1. The van der Waals surface area contributed by atoms with Crippen LogP contribution < -0.4 is 10.6 Å². The predicted molar refractivity (Wildman–Crippen MR) is 87.2 cm³/mol. The van der Waals surface area contributed by atoms with Gasteiger partial charge < -0.3 is 20.0 Å². The molecule has 3 heterocycles. The molecule has 7 nitrogen and oxygen atoms in total. The molecular weight excluding hydrogens is 308 g/mol. The Morgan fingerprint density at radius 2 is 2.17 bits per heavy atom. The average molecular weight is 328 g/mol. The van der Waals surface area contributed by atoms with E-state index in [-0.39, 0.29) is 11.8 Å². The van der Waals surface area contributed by atoms with Gasteiger partial charge in [0.25, 0.3) is 5.91 Å². The van der Waals surface area contributed by atoms with Crippen LogP contribution in [0.25, 0.3) is 0 Å². The van der Waals surface area contributed by atoms with E-state index in [1.54, 1.807) is 23.4 Å². The zero-order chi connectivity index (χ0) is 16.9. The van der Waals surface area contributed by atoms with E-state index in [4.69, 9.17) is 4.42 Å². The van der Waals surface area contributed by atoms with E-state index in [0.29, 0.717) is 31.9 Å². The molecule has 2 N–H and O–H groups in total. The lowest BCUT2D eigenvalue weighted by atomic mass is 10.1. The molecule has 1 aliphatic rings. The van der Waals surface area contributed by atoms with Crippen molar-refractivity contribution in [3.05, 3.63) is 53.7 Å². The van der Waals surface area contributed by atoms with Crippen molar-refractivity contribution in [1.29, 1.82) is 0 Å². The third-order valence-corrected chi connectivity index (χ3v) is 4.08.